The van der Waals surface area contributed by atoms with Gasteiger partial charge in [-0.1, -0.05) is 26.0 Å². The molecule has 0 aliphatic carbocycles. The number of fused-ring (bicyclic) bond motifs is 1. The summed E-state index contributed by atoms with van der Waals surface area (Å²) in [5.74, 6) is -1.03. The number of anilines is 3. The van der Waals surface area contributed by atoms with Crippen LogP contribution >= 0.6 is 0 Å². The fraction of sp³-hybridized carbons (Fsp3) is 0.438. The van der Waals surface area contributed by atoms with Crippen LogP contribution in [0.25, 0.3) is 11.1 Å². The van der Waals surface area contributed by atoms with Crippen LogP contribution in [0, 0.1) is 11.6 Å². The Morgan fingerprint density at radius 1 is 1.05 bits per heavy atom. The van der Waals surface area contributed by atoms with Crippen molar-refractivity contribution >= 4 is 33.1 Å². The van der Waals surface area contributed by atoms with E-state index < -0.39 is 21.7 Å². The van der Waals surface area contributed by atoms with Crippen LogP contribution in [0.1, 0.15) is 38.7 Å². The molecule has 1 fully saturated rings. The lowest BCUT2D eigenvalue weighted by atomic mass is 10.1. The average Bonchev–Trinajstić information content (AvgIpc) is 3.53. The number of pyridine rings is 1. The average molecular weight is 627 g/mol. The number of halogens is 2. The van der Waals surface area contributed by atoms with Gasteiger partial charge in [-0.05, 0) is 80.9 Å². The highest BCUT2D eigenvalue weighted by Crippen LogP contribution is 2.34. The third-order valence-electron chi connectivity index (χ3n) is 8.40. The van der Waals surface area contributed by atoms with E-state index in [0.29, 0.717) is 35.3 Å². The van der Waals surface area contributed by atoms with Gasteiger partial charge in [0.2, 0.25) is 15.9 Å². The van der Waals surface area contributed by atoms with Gasteiger partial charge in [0.15, 0.2) is 5.82 Å². The summed E-state index contributed by atoms with van der Waals surface area (Å²) in [4.78, 5) is 23.3. The van der Waals surface area contributed by atoms with E-state index in [1.807, 2.05) is 0 Å². The van der Waals surface area contributed by atoms with Gasteiger partial charge in [0.1, 0.15) is 11.6 Å². The molecule has 0 bridgehead atoms. The van der Waals surface area contributed by atoms with Gasteiger partial charge in [0, 0.05) is 42.1 Å². The molecule has 2 N–H and O–H groups in total. The van der Waals surface area contributed by atoms with Gasteiger partial charge in [-0.2, -0.15) is 0 Å². The van der Waals surface area contributed by atoms with Gasteiger partial charge in [0.25, 0.3) is 0 Å². The van der Waals surface area contributed by atoms with Gasteiger partial charge in [-0.25, -0.2) is 22.2 Å². The maximum atomic E-state index is 14.4. The smallest absolute Gasteiger partial charge is 0.246 e. The van der Waals surface area contributed by atoms with Crippen LogP contribution in [0.15, 0.2) is 54.7 Å². The molecular formula is C32H40F2N6O3S. The SMILES string of the molecule is CC[C@@H](CN1CCCC1)N(CC)CCS(=O)(=O)Nc1ccc(-c2cnc3c(c2)N(Cc2cc(F)ccc2F)C(=O)CN3)cc1. The molecular weight excluding hydrogens is 586 g/mol. The van der Waals surface area contributed by atoms with Crippen LogP contribution in [0.5, 0.6) is 0 Å². The Bertz CT molecular complexity index is 1560. The number of benzene rings is 2. The molecule has 1 aromatic heterocycles. The van der Waals surface area contributed by atoms with Crippen LogP contribution in [-0.2, 0) is 21.4 Å². The first-order chi connectivity index (χ1) is 21.2. The predicted molar refractivity (Wildman–Crippen MR) is 170 cm³/mol. The zero-order valence-corrected chi connectivity index (χ0v) is 26.0. The number of hydrogen-bond acceptors (Lipinski definition) is 7. The summed E-state index contributed by atoms with van der Waals surface area (Å²) in [6.07, 6.45) is 5.08. The molecule has 1 amide bonds. The Balaban J connectivity index is 1.25. The zero-order valence-electron chi connectivity index (χ0n) is 25.2. The van der Waals surface area contributed by atoms with E-state index in [9.17, 15) is 22.0 Å². The fourth-order valence-electron chi connectivity index (χ4n) is 5.91. The summed E-state index contributed by atoms with van der Waals surface area (Å²) in [5.41, 5.74) is 2.39. The molecule has 0 saturated carbocycles. The highest BCUT2D eigenvalue weighted by Gasteiger charge is 2.27. The van der Waals surface area contributed by atoms with Crippen molar-refractivity contribution < 1.29 is 22.0 Å². The maximum Gasteiger partial charge on any atom is 0.246 e. The zero-order chi connectivity index (χ0) is 31.3. The van der Waals surface area contributed by atoms with E-state index in [0.717, 1.165) is 56.4 Å². The first-order valence-corrected chi connectivity index (χ1v) is 16.9. The minimum absolute atomic E-state index is 0.00337. The molecule has 12 heteroatoms. The first kappa shape index (κ1) is 31.8. The van der Waals surface area contributed by atoms with Crippen molar-refractivity contribution in [3.63, 3.8) is 0 Å². The standard InChI is InChI=1S/C32H40F2N6O3S/c1-3-28(22-38-13-5-6-14-38)39(4-2)15-16-44(42,43)37-27-10-7-23(8-11-27)24-18-30-32(35-19-24)36-20-31(41)40(30)21-25-17-26(33)9-12-29(25)34/h7-12,17-19,28,37H,3-6,13-16,20-22H2,1-2H3,(H,35,36)/t28-/m0/s1. The van der Waals surface area contributed by atoms with E-state index in [1.165, 1.54) is 17.7 Å². The van der Waals surface area contributed by atoms with Gasteiger partial charge < -0.3 is 15.1 Å². The number of amides is 1. The Labute approximate surface area is 258 Å². The fourth-order valence-corrected chi connectivity index (χ4v) is 6.99. The lowest BCUT2D eigenvalue weighted by Crippen LogP contribution is -2.45. The van der Waals surface area contributed by atoms with E-state index >= 15 is 0 Å². The minimum Gasteiger partial charge on any atom is -0.359 e. The molecule has 3 heterocycles. The second kappa shape index (κ2) is 14.0. The number of nitrogens with zero attached hydrogens (tertiary/aromatic N) is 4. The van der Waals surface area contributed by atoms with Crippen molar-refractivity contribution in [2.45, 2.75) is 45.7 Å². The van der Waals surface area contributed by atoms with Crippen molar-refractivity contribution in [1.82, 2.24) is 14.8 Å². The second-order valence-electron chi connectivity index (χ2n) is 11.4. The summed E-state index contributed by atoms with van der Waals surface area (Å²) in [5, 5.41) is 2.97. The molecule has 44 heavy (non-hydrogen) atoms. The molecule has 0 unspecified atom stereocenters. The molecule has 1 saturated heterocycles. The Morgan fingerprint density at radius 2 is 1.80 bits per heavy atom. The number of carbonyl (C=O) groups is 1. The molecule has 1 atom stereocenters. The molecule has 0 radical (unpaired) electrons. The van der Waals surface area contributed by atoms with E-state index in [-0.39, 0.29) is 30.3 Å². The maximum absolute atomic E-state index is 14.4. The second-order valence-corrected chi connectivity index (χ2v) is 13.2. The molecule has 2 aliphatic rings. The van der Waals surface area contributed by atoms with Crippen LogP contribution in [0.4, 0.5) is 26.0 Å². The van der Waals surface area contributed by atoms with Gasteiger partial charge in [0.05, 0.1) is 24.5 Å². The summed E-state index contributed by atoms with van der Waals surface area (Å²) in [7, 11) is -3.58. The van der Waals surface area contributed by atoms with Crippen molar-refractivity contribution in [3.05, 3.63) is 71.9 Å². The Kier molecular flexibility index (Phi) is 10.1. The lowest BCUT2D eigenvalue weighted by molar-refractivity contribution is -0.117. The topological polar surface area (TPSA) is 97.9 Å². The number of likely N-dealkylation sites (N-methyl/N-ethyl adjacent to an activating group) is 1. The van der Waals surface area contributed by atoms with Crippen molar-refractivity contribution in [3.8, 4) is 11.1 Å². The van der Waals surface area contributed by atoms with Crippen molar-refractivity contribution in [2.24, 2.45) is 0 Å². The third kappa shape index (κ3) is 7.72. The minimum atomic E-state index is -3.58. The van der Waals surface area contributed by atoms with E-state index in [2.05, 4.69) is 38.7 Å². The number of nitrogens with one attached hydrogen (secondary N) is 2. The van der Waals surface area contributed by atoms with Gasteiger partial charge in [-0.15, -0.1) is 0 Å². The number of sulfonamides is 1. The molecule has 2 aliphatic heterocycles. The lowest BCUT2D eigenvalue weighted by Gasteiger charge is -2.33. The normalized spacial score (nSPS) is 16.2. The first-order valence-electron chi connectivity index (χ1n) is 15.2. The number of likely N-dealkylation sites (tertiary alicyclic amines) is 1. The largest absolute Gasteiger partial charge is 0.359 e. The number of carbonyl (C=O) groups excluding carboxylic acids is 1. The molecule has 9 nitrogen and oxygen atoms in total. The Hall–Kier alpha value is -3.61. The molecule has 5 rings (SSSR count). The highest BCUT2D eigenvalue weighted by atomic mass is 32.2. The predicted octanol–water partition coefficient (Wildman–Crippen LogP) is 4.92. The Morgan fingerprint density at radius 3 is 2.50 bits per heavy atom. The van der Waals surface area contributed by atoms with E-state index in [1.54, 1.807) is 36.5 Å². The monoisotopic (exact) mass is 626 g/mol. The highest BCUT2D eigenvalue weighted by molar-refractivity contribution is 7.92. The van der Waals surface area contributed by atoms with Crippen LogP contribution in [-0.4, -0.2) is 80.2 Å². The van der Waals surface area contributed by atoms with E-state index in [4.69, 9.17) is 0 Å². The molecule has 2 aromatic carbocycles. The van der Waals surface area contributed by atoms with Crippen LogP contribution in [0.3, 0.4) is 0 Å². The summed E-state index contributed by atoms with van der Waals surface area (Å²) >= 11 is 0. The molecule has 3 aromatic rings. The summed E-state index contributed by atoms with van der Waals surface area (Å²) in [6.45, 7) is 8.54. The van der Waals surface area contributed by atoms with Crippen LogP contribution in [0.2, 0.25) is 0 Å². The van der Waals surface area contributed by atoms with Gasteiger partial charge >= 0.3 is 0 Å². The third-order valence-corrected chi connectivity index (χ3v) is 9.67. The van der Waals surface area contributed by atoms with Crippen LogP contribution < -0.4 is 14.9 Å². The quantitative estimate of drug-likeness (QED) is 0.278. The summed E-state index contributed by atoms with van der Waals surface area (Å²) in [6, 6.07) is 12.2. The molecule has 0 spiro atoms. The number of rotatable bonds is 13. The van der Waals surface area contributed by atoms with Gasteiger partial charge in [-0.3, -0.25) is 14.4 Å². The van der Waals surface area contributed by atoms with Crippen molar-refractivity contribution in [1.29, 1.82) is 0 Å². The molecule has 236 valence electrons. The van der Waals surface area contributed by atoms with Crippen molar-refractivity contribution in [2.75, 3.05) is 60.0 Å². The number of aromatic nitrogens is 1. The summed E-state index contributed by atoms with van der Waals surface area (Å²) < 4.78 is 56.9. The number of hydrogen-bond donors (Lipinski definition) is 2.